The normalized spacial score (nSPS) is 29.6. The van der Waals surface area contributed by atoms with Crippen molar-refractivity contribution in [3.05, 3.63) is 12.2 Å². The molecule has 0 aromatic heterocycles. The highest BCUT2D eigenvalue weighted by atomic mass is 16.8. The van der Waals surface area contributed by atoms with Crippen LogP contribution in [0.2, 0.25) is 0 Å². The molecule has 23 heteroatoms. The van der Waals surface area contributed by atoms with Crippen molar-refractivity contribution in [2.24, 2.45) is 0 Å². The van der Waals surface area contributed by atoms with Gasteiger partial charge in [-0.25, -0.2) is 4.79 Å². The fraction of sp³-hybridized carbons (Fsp3) is 0.919. The highest BCUT2D eigenvalue weighted by molar-refractivity contribution is 5.77. The molecule has 85 heavy (non-hydrogen) atoms. The van der Waals surface area contributed by atoms with E-state index in [9.17, 15) is 75.7 Å². The van der Waals surface area contributed by atoms with E-state index < -0.39 is 155 Å². The van der Waals surface area contributed by atoms with Crippen molar-refractivity contribution < 1.29 is 104 Å². The summed E-state index contributed by atoms with van der Waals surface area (Å²) in [5.74, 6) is -6.14. The number of carbonyl (C=O) groups excluding carboxylic acids is 2. The molecule has 0 radical (unpaired) electrons. The first-order chi connectivity index (χ1) is 40.9. The van der Waals surface area contributed by atoms with Gasteiger partial charge < -0.3 is 100 Å². The number of aliphatic hydroxyl groups is 11. The Balaban J connectivity index is 1.65. The van der Waals surface area contributed by atoms with Gasteiger partial charge in [0.2, 0.25) is 11.8 Å². The van der Waals surface area contributed by atoms with Crippen LogP contribution in [0.25, 0.3) is 0 Å². The number of nitrogens with one attached hydrogen (secondary N) is 2. The maximum atomic E-state index is 13.4. The first-order valence-corrected chi connectivity index (χ1v) is 32.6. The molecule has 0 spiro atoms. The van der Waals surface area contributed by atoms with Gasteiger partial charge in [-0.05, 0) is 19.3 Å². The van der Waals surface area contributed by atoms with E-state index in [2.05, 4.69) is 24.5 Å². The van der Waals surface area contributed by atoms with E-state index in [1.54, 1.807) is 6.08 Å². The number of rotatable bonds is 48. The van der Waals surface area contributed by atoms with Crippen molar-refractivity contribution in [2.75, 3.05) is 26.4 Å². The van der Waals surface area contributed by atoms with Gasteiger partial charge in [0.25, 0.3) is 5.79 Å². The predicted octanol–water partition coefficient (Wildman–Crippen LogP) is 4.34. The second kappa shape index (κ2) is 44.0. The van der Waals surface area contributed by atoms with Gasteiger partial charge in [-0.1, -0.05) is 199 Å². The zero-order chi connectivity index (χ0) is 62.6. The van der Waals surface area contributed by atoms with Crippen LogP contribution < -0.4 is 10.6 Å². The molecule has 23 nitrogen and oxygen atoms in total. The number of carbonyl (C=O) groups is 3. The number of carboxylic acid groups (broad SMARTS) is 1. The average Bonchev–Trinajstić information content (AvgIpc) is 1.27. The largest absolute Gasteiger partial charge is 0.477 e. The van der Waals surface area contributed by atoms with Crippen LogP contribution in [0.1, 0.15) is 226 Å². The van der Waals surface area contributed by atoms with Gasteiger partial charge in [0, 0.05) is 19.8 Å². The minimum Gasteiger partial charge on any atom is -0.477 e. The van der Waals surface area contributed by atoms with Crippen molar-refractivity contribution >= 4 is 17.8 Å². The number of amides is 2. The maximum Gasteiger partial charge on any atom is 0.364 e. The lowest BCUT2D eigenvalue weighted by atomic mass is 9.88. The zero-order valence-corrected chi connectivity index (χ0v) is 51.5. The molecule has 18 unspecified atom stereocenters. The van der Waals surface area contributed by atoms with E-state index in [1.807, 2.05) is 6.08 Å². The number of ether oxygens (including phenoxy) is 6. The molecule has 0 bridgehead atoms. The summed E-state index contributed by atoms with van der Waals surface area (Å²) in [6.45, 7) is 2.13. The lowest BCUT2D eigenvalue weighted by molar-refractivity contribution is -0.386. The molecule has 3 heterocycles. The summed E-state index contributed by atoms with van der Waals surface area (Å²) in [6, 6.07) is -2.61. The van der Waals surface area contributed by atoms with E-state index in [-0.39, 0.29) is 12.3 Å². The number of aliphatic hydroxyl groups excluding tert-OH is 11. The molecule has 3 fully saturated rings. The Morgan fingerprint density at radius 3 is 1.56 bits per heavy atom. The number of carboxylic acids is 1. The van der Waals surface area contributed by atoms with Crippen LogP contribution in [-0.2, 0) is 42.8 Å². The minimum absolute atomic E-state index is 0.204. The molecule has 3 aliphatic rings. The van der Waals surface area contributed by atoms with Gasteiger partial charge in [-0.3, -0.25) is 9.59 Å². The summed E-state index contributed by atoms with van der Waals surface area (Å²) in [6.07, 6.45) is 9.75. The summed E-state index contributed by atoms with van der Waals surface area (Å²) in [5.41, 5.74) is 0. The van der Waals surface area contributed by atoms with Crippen molar-refractivity contribution in [3.63, 3.8) is 0 Å². The third-order valence-electron chi connectivity index (χ3n) is 16.7. The number of aliphatic carboxylic acids is 1. The van der Waals surface area contributed by atoms with Crippen LogP contribution in [0.3, 0.4) is 0 Å². The minimum atomic E-state index is -3.08. The van der Waals surface area contributed by atoms with Crippen LogP contribution >= 0.6 is 0 Å². The second-order valence-corrected chi connectivity index (χ2v) is 24.0. The molecular formula is C62H114N2O21. The van der Waals surface area contributed by atoms with E-state index in [4.69, 9.17) is 28.4 Å². The number of hydrogen-bond donors (Lipinski definition) is 14. The lowest BCUT2D eigenvalue weighted by Crippen LogP contribution is -2.70. The van der Waals surface area contributed by atoms with Crippen LogP contribution in [-0.4, -0.2) is 215 Å². The smallest absolute Gasteiger partial charge is 0.364 e. The fourth-order valence-electron chi connectivity index (χ4n) is 11.5. The molecular weight excluding hydrogens is 1110 g/mol. The summed E-state index contributed by atoms with van der Waals surface area (Å²) in [7, 11) is 0. The fourth-order valence-corrected chi connectivity index (χ4v) is 11.5. The topological polar surface area (TPSA) is 373 Å². The van der Waals surface area contributed by atoms with E-state index in [1.165, 1.54) is 135 Å². The molecule has 0 aliphatic carbocycles. The highest BCUT2D eigenvalue weighted by Gasteiger charge is 2.60. The Hall–Kier alpha value is -2.53. The monoisotopic (exact) mass is 1220 g/mol. The number of hydrogen-bond acceptors (Lipinski definition) is 20. The Kier molecular flexibility index (Phi) is 39.7. The molecule has 2 amide bonds. The quantitative estimate of drug-likeness (QED) is 0.0298. The van der Waals surface area contributed by atoms with Crippen molar-refractivity contribution in [3.8, 4) is 0 Å². The SMILES string of the molecule is CCCCCCCCCCCCCCCC/C=C/C(O)C(COC1OC(CO)C(OC2OC(CO)C(O)C(OC3(C(=O)O)CC(O)C(NC(C)=O)C(C(O)C(O)CO)O3)C2O)C(O)C1O)NC(=O)CCCCCCCCCCCCCCCCC. The van der Waals surface area contributed by atoms with Crippen LogP contribution in [0.4, 0.5) is 0 Å². The molecule has 0 aromatic carbocycles. The Morgan fingerprint density at radius 1 is 0.612 bits per heavy atom. The molecule has 0 saturated carbocycles. The summed E-state index contributed by atoms with van der Waals surface area (Å²) in [5, 5.41) is 136. The predicted molar refractivity (Wildman–Crippen MR) is 315 cm³/mol. The molecule has 3 aliphatic heterocycles. The van der Waals surface area contributed by atoms with E-state index in [0.717, 1.165) is 51.9 Å². The van der Waals surface area contributed by atoms with Gasteiger partial charge in [0.15, 0.2) is 12.6 Å². The third kappa shape index (κ3) is 27.6. The summed E-state index contributed by atoms with van der Waals surface area (Å²) in [4.78, 5) is 38.4. The van der Waals surface area contributed by atoms with E-state index >= 15 is 0 Å². The van der Waals surface area contributed by atoms with E-state index in [0.29, 0.717) is 12.8 Å². The van der Waals surface area contributed by atoms with Crippen LogP contribution in [0.5, 0.6) is 0 Å². The first kappa shape index (κ1) is 76.7. The first-order valence-electron chi connectivity index (χ1n) is 32.6. The third-order valence-corrected chi connectivity index (χ3v) is 16.7. The maximum absolute atomic E-state index is 13.4. The van der Waals surface area contributed by atoms with Crippen molar-refractivity contribution in [1.82, 2.24) is 10.6 Å². The van der Waals surface area contributed by atoms with Gasteiger partial charge in [-0.15, -0.1) is 0 Å². The Bertz CT molecular complexity index is 1790. The molecule has 0 aromatic rings. The molecule has 498 valence electrons. The Morgan fingerprint density at radius 2 is 1.09 bits per heavy atom. The van der Waals surface area contributed by atoms with Crippen LogP contribution in [0, 0.1) is 0 Å². The average molecular weight is 1220 g/mol. The molecule has 3 rings (SSSR count). The second-order valence-electron chi connectivity index (χ2n) is 24.0. The molecule has 14 N–H and O–H groups in total. The number of allylic oxidation sites excluding steroid dienone is 1. The summed E-state index contributed by atoms with van der Waals surface area (Å²) < 4.78 is 34.7. The van der Waals surface area contributed by atoms with Crippen molar-refractivity contribution in [2.45, 2.75) is 336 Å². The standard InChI is InChI=1S/C62H114N2O21/c1-4-6-8-10-12-14-16-18-20-22-23-25-27-29-31-33-35-44(69)43(64-49(72)36-34-32-30-28-26-24-21-19-17-15-13-11-9-7-5-2)41-80-59-54(76)53(75)56(48(40-67)82-59)83-60-55(77)58(52(74)47(39-66)81-60)85-62(61(78)79)37-45(70)50(63-42(3)68)57(84-62)51(73)46(71)38-65/h33,35,43-48,50-60,65-67,69-71,73-77H,4-32,34,36-41H2,1-3H3,(H,63,68)(H,64,72)(H,78,79)/b35-33+. The van der Waals surface area contributed by atoms with Gasteiger partial charge in [-0.2, -0.15) is 0 Å². The van der Waals surface area contributed by atoms with Crippen molar-refractivity contribution in [1.29, 1.82) is 0 Å². The summed E-state index contributed by atoms with van der Waals surface area (Å²) >= 11 is 0. The van der Waals surface area contributed by atoms with Gasteiger partial charge >= 0.3 is 5.97 Å². The van der Waals surface area contributed by atoms with Crippen LogP contribution in [0.15, 0.2) is 12.2 Å². The zero-order valence-electron chi connectivity index (χ0n) is 51.5. The van der Waals surface area contributed by atoms with Gasteiger partial charge in [0.05, 0.1) is 50.7 Å². The van der Waals surface area contributed by atoms with Gasteiger partial charge in [0.1, 0.15) is 67.1 Å². The number of unbranched alkanes of at least 4 members (excludes halogenated alkanes) is 28. The molecule has 3 saturated heterocycles. The molecule has 18 atom stereocenters. The lowest BCUT2D eigenvalue weighted by Gasteiger charge is -2.50. The Labute approximate surface area is 505 Å². The highest BCUT2D eigenvalue weighted by Crippen LogP contribution is 2.38.